The Morgan fingerprint density at radius 3 is 2.16 bits per heavy atom. The van der Waals surface area contributed by atoms with Crippen molar-refractivity contribution >= 4 is 5.90 Å². The quantitative estimate of drug-likeness (QED) is 0.714. The monoisotopic (exact) mass is 330 g/mol. The van der Waals surface area contributed by atoms with Gasteiger partial charge in [0, 0.05) is 6.07 Å². The van der Waals surface area contributed by atoms with Crippen molar-refractivity contribution in [2.24, 2.45) is 4.99 Å². The molecule has 0 N–H and O–H groups in total. The number of aliphatic imine (C=N–C) groups is 1. The molecule has 2 atom stereocenters. The van der Waals surface area contributed by atoms with Crippen molar-refractivity contribution in [1.82, 2.24) is 4.98 Å². The Morgan fingerprint density at radius 1 is 0.800 bits per heavy atom. The Hall–Kier alpha value is -3.14. The molecule has 25 heavy (non-hydrogen) atoms. The van der Waals surface area contributed by atoms with Gasteiger partial charge in [0.15, 0.2) is 6.10 Å². The first-order chi connectivity index (χ1) is 12.3. The fraction of sp³-hybridized carbons (Fsp3) is 0.143. The zero-order chi connectivity index (χ0) is 17.1. The summed E-state index contributed by atoms with van der Waals surface area (Å²) in [7, 11) is 1.60. The van der Waals surface area contributed by atoms with Gasteiger partial charge in [-0.25, -0.2) is 9.98 Å². The van der Waals surface area contributed by atoms with Crippen LogP contribution in [-0.2, 0) is 4.74 Å². The van der Waals surface area contributed by atoms with Gasteiger partial charge >= 0.3 is 0 Å². The van der Waals surface area contributed by atoms with E-state index in [-0.39, 0.29) is 12.1 Å². The molecule has 1 aliphatic heterocycles. The molecule has 124 valence electrons. The van der Waals surface area contributed by atoms with Crippen LogP contribution in [0.3, 0.4) is 0 Å². The van der Waals surface area contributed by atoms with Gasteiger partial charge in [-0.2, -0.15) is 0 Å². The minimum Gasteiger partial charge on any atom is -0.481 e. The molecule has 2 unspecified atom stereocenters. The summed E-state index contributed by atoms with van der Waals surface area (Å²) in [6.07, 6.45) is -0.174. The molecule has 0 aliphatic carbocycles. The second kappa shape index (κ2) is 6.77. The molecule has 4 nitrogen and oxygen atoms in total. The van der Waals surface area contributed by atoms with Crippen LogP contribution in [0.1, 0.15) is 29.0 Å². The summed E-state index contributed by atoms with van der Waals surface area (Å²) >= 11 is 0. The maximum atomic E-state index is 6.23. The number of rotatable bonds is 4. The third kappa shape index (κ3) is 3.11. The number of nitrogens with zero attached hydrogens (tertiary/aromatic N) is 2. The Morgan fingerprint density at radius 2 is 1.48 bits per heavy atom. The van der Waals surface area contributed by atoms with E-state index in [2.05, 4.69) is 29.2 Å². The van der Waals surface area contributed by atoms with Gasteiger partial charge in [0.05, 0.1) is 7.11 Å². The smallest absolute Gasteiger partial charge is 0.236 e. The van der Waals surface area contributed by atoms with E-state index in [1.165, 1.54) is 0 Å². The predicted octanol–water partition coefficient (Wildman–Crippen LogP) is 4.35. The van der Waals surface area contributed by atoms with Gasteiger partial charge in [-0.15, -0.1) is 0 Å². The molecule has 3 aromatic rings. The third-order valence-corrected chi connectivity index (χ3v) is 4.20. The van der Waals surface area contributed by atoms with Crippen molar-refractivity contribution in [1.29, 1.82) is 0 Å². The van der Waals surface area contributed by atoms with Crippen molar-refractivity contribution in [2.45, 2.75) is 12.1 Å². The van der Waals surface area contributed by atoms with Crippen molar-refractivity contribution in [3.05, 3.63) is 95.7 Å². The number of pyridine rings is 1. The van der Waals surface area contributed by atoms with Crippen LogP contribution in [0, 0.1) is 0 Å². The minimum absolute atomic E-state index is 0.105. The van der Waals surface area contributed by atoms with Crippen molar-refractivity contribution < 1.29 is 9.47 Å². The summed E-state index contributed by atoms with van der Waals surface area (Å²) < 4.78 is 11.4. The highest BCUT2D eigenvalue weighted by molar-refractivity contribution is 5.93. The Bertz CT molecular complexity index is 879. The molecule has 0 amide bonds. The lowest BCUT2D eigenvalue weighted by molar-refractivity contribution is 0.196. The topological polar surface area (TPSA) is 43.7 Å². The van der Waals surface area contributed by atoms with E-state index in [1.807, 2.05) is 54.6 Å². The van der Waals surface area contributed by atoms with Gasteiger partial charge < -0.3 is 9.47 Å². The van der Waals surface area contributed by atoms with Gasteiger partial charge in [0.25, 0.3) is 0 Å². The fourth-order valence-electron chi connectivity index (χ4n) is 2.98. The molecule has 0 bridgehead atoms. The maximum absolute atomic E-state index is 6.23. The van der Waals surface area contributed by atoms with Crippen LogP contribution in [0.15, 0.2) is 83.9 Å². The molecule has 0 fully saturated rings. The van der Waals surface area contributed by atoms with Crippen LogP contribution >= 0.6 is 0 Å². The molecular formula is C21H18N2O2. The van der Waals surface area contributed by atoms with E-state index in [4.69, 9.17) is 14.5 Å². The molecule has 1 aliphatic rings. The van der Waals surface area contributed by atoms with Gasteiger partial charge in [0.2, 0.25) is 11.8 Å². The van der Waals surface area contributed by atoms with E-state index >= 15 is 0 Å². The summed E-state index contributed by atoms with van der Waals surface area (Å²) in [4.78, 5) is 9.29. The molecule has 2 heterocycles. The van der Waals surface area contributed by atoms with Crippen molar-refractivity contribution in [2.75, 3.05) is 7.11 Å². The Balaban J connectivity index is 1.74. The largest absolute Gasteiger partial charge is 0.481 e. The summed E-state index contributed by atoms with van der Waals surface area (Å²) in [5.74, 6) is 1.09. The Kier molecular flexibility index (Phi) is 4.17. The van der Waals surface area contributed by atoms with Crippen LogP contribution < -0.4 is 4.74 Å². The van der Waals surface area contributed by atoms with Gasteiger partial charge in [0.1, 0.15) is 11.7 Å². The standard InChI is InChI=1S/C21H18N2O2/c1-24-18-14-8-13-17(22-18)21-23-19(15-9-4-2-5-10-15)20(25-21)16-11-6-3-7-12-16/h2-14,19-20H,1H3. The van der Waals surface area contributed by atoms with Crippen LogP contribution in [0.25, 0.3) is 0 Å². The lowest BCUT2D eigenvalue weighted by Gasteiger charge is -2.18. The van der Waals surface area contributed by atoms with Crippen molar-refractivity contribution in [3.8, 4) is 5.88 Å². The zero-order valence-corrected chi connectivity index (χ0v) is 13.9. The van der Waals surface area contributed by atoms with Crippen LogP contribution in [0.5, 0.6) is 5.88 Å². The highest BCUT2D eigenvalue weighted by Gasteiger charge is 2.34. The molecule has 2 aromatic carbocycles. The van der Waals surface area contributed by atoms with Crippen molar-refractivity contribution in [3.63, 3.8) is 0 Å². The number of aromatic nitrogens is 1. The first-order valence-corrected chi connectivity index (χ1v) is 8.21. The Labute approximate surface area is 146 Å². The first kappa shape index (κ1) is 15.4. The van der Waals surface area contributed by atoms with Gasteiger partial charge in [-0.3, -0.25) is 0 Å². The second-order valence-corrected chi connectivity index (χ2v) is 5.80. The summed E-state index contributed by atoms with van der Waals surface area (Å²) in [5.41, 5.74) is 2.89. The average Bonchev–Trinajstić information content (AvgIpc) is 3.15. The molecule has 0 saturated carbocycles. The van der Waals surface area contributed by atoms with Gasteiger partial charge in [-0.1, -0.05) is 66.7 Å². The number of ether oxygens (including phenoxy) is 2. The molecule has 0 spiro atoms. The lowest BCUT2D eigenvalue weighted by atomic mass is 9.97. The van der Waals surface area contributed by atoms with E-state index in [1.54, 1.807) is 7.11 Å². The third-order valence-electron chi connectivity index (χ3n) is 4.20. The molecule has 1 aromatic heterocycles. The lowest BCUT2D eigenvalue weighted by Crippen LogP contribution is -2.10. The number of benzene rings is 2. The van der Waals surface area contributed by atoms with E-state index in [0.29, 0.717) is 17.5 Å². The average molecular weight is 330 g/mol. The molecule has 4 rings (SSSR count). The second-order valence-electron chi connectivity index (χ2n) is 5.80. The summed E-state index contributed by atoms with van der Waals surface area (Å²) in [5, 5.41) is 0. The van der Waals surface area contributed by atoms with E-state index in [9.17, 15) is 0 Å². The highest BCUT2D eigenvalue weighted by Crippen LogP contribution is 2.40. The first-order valence-electron chi connectivity index (χ1n) is 8.21. The van der Waals surface area contributed by atoms with Crippen LogP contribution in [0.4, 0.5) is 0 Å². The molecule has 0 saturated heterocycles. The molecule has 4 heteroatoms. The molecule has 0 radical (unpaired) electrons. The minimum atomic E-state index is -0.174. The van der Waals surface area contributed by atoms with Crippen LogP contribution in [-0.4, -0.2) is 18.0 Å². The molecular weight excluding hydrogens is 312 g/mol. The summed E-state index contributed by atoms with van der Waals surface area (Å²) in [6.45, 7) is 0. The number of hydrogen-bond acceptors (Lipinski definition) is 4. The summed E-state index contributed by atoms with van der Waals surface area (Å²) in [6, 6.07) is 25.9. The predicted molar refractivity (Wildman–Crippen MR) is 96.8 cm³/mol. The number of methoxy groups -OCH3 is 1. The fourth-order valence-corrected chi connectivity index (χ4v) is 2.98. The normalized spacial score (nSPS) is 19.2. The zero-order valence-electron chi connectivity index (χ0n) is 13.9. The van der Waals surface area contributed by atoms with E-state index in [0.717, 1.165) is 11.1 Å². The highest BCUT2D eigenvalue weighted by atomic mass is 16.5. The number of hydrogen-bond donors (Lipinski definition) is 0. The van der Waals surface area contributed by atoms with Crippen LogP contribution in [0.2, 0.25) is 0 Å². The SMILES string of the molecule is COc1cccc(C2=NC(c3ccccc3)C(c3ccccc3)O2)n1. The van der Waals surface area contributed by atoms with E-state index < -0.39 is 0 Å². The van der Waals surface area contributed by atoms with Gasteiger partial charge in [-0.05, 0) is 17.2 Å². The maximum Gasteiger partial charge on any atom is 0.236 e.